The molecule has 156 valence electrons. The zero-order chi connectivity index (χ0) is 20.3. The molecule has 1 aliphatic carbocycles. The van der Waals surface area contributed by atoms with Crippen LogP contribution < -0.4 is 5.32 Å². The van der Waals surface area contributed by atoms with Crippen molar-refractivity contribution in [3.05, 3.63) is 29.3 Å². The van der Waals surface area contributed by atoms with E-state index in [1.807, 2.05) is 26.0 Å². The summed E-state index contributed by atoms with van der Waals surface area (Å²) in [5, 5.41) is 3.18. The van der Waals surface area contributed by atoms with Crippen molar-refractivity contribution in [2.24, 2.45) is 5.92 Å². The quantitative estimate of drug-likeness (QED) is 0.813. The van der Waals surface area contributed by atoms with Gasteiger partial charge in [-0.05, 0) is 44.2 Å². The van der Waals surface area contributed by atoms with Crippen LogP contribution >= 0.6 is 0 Å². The normalized spacial score (nSPS) is 24.8. The molecule has 28 heavy (non-hydrogen) atoms. The summed E-state index contributed by atoms with van der Waals surface area (Å²) in [4.78, 5) is 14.9. The van der Waals surface area contributed by atoms with E-state index in [1.54, 1.807) is 10.4 Å². The van der Waals surface area contributed by atoms with Crippen LogP contribution in [0, 0.1) is 19.8 Å². The van der Waals surface area contributed by atoms with Crippen molar-refractivity contribution in [1.29, 1.82) is 0 Å². The number of aryl methyl sites for hydroxylation is 2. The molecular weight excluding hydrogens is 374 g/mol. The van der Waals surface area contributed by atoms with Crippen LogP contribution in [0.15, 0.2) is 23.1 Å². The summed E-state index contributed by atoms with van der Waals surface area (Å²) in [5.74, 6) is 0.599. The van der Waals surface area contributed by atoms with E-state index in [0.717, 1.165) is 17.5 Å². The zero-order valence-corrected chi connectivity index (χ0v) is 18.1. The number of carbonyl (C=O) groups is 1. The summed E-state index contributed by atoms with van der Waals surface area (Å²) in [6.45, 7) is 8.36. The van der Waals surface area contributed by atoms with E-state index in [1.165, 1.54) is 19.3 Å². The van der Waals surface area contributed by atoms with E-state index in [2.05, 4.69) is 17.1 Å². The van der Waals surface area contributed by atoms with Gasteiger partial charge in [0.1, 0.15) is 0 Å². The van der Waals surface area contributed by atoms with Crippen molar-refractivity contribution in [3.63, 3.8) is 0 Å². The smallest absolute Gasteiger partial charge is 0.243 e. The maximum absolute atomic E-state index is 13.0. The van der Waals surface area contributed by atoms with E-state index in [9.17, 15) is 13.2 Å². The predicted octanol–water partition coefficient (Wildman–Crippen LogP) is 2.30. The standard InChI is InChI=1S/C21H33N3O3S/c1-16-8-9-20(18(3)14-16)28(26,27)24-12-10-23(11-13-24)15-21(25)22-19-7-5-4-6-17(19)2/h8-9,14,17,19H,4-7,10-13,15H2,1-3H3,(H,22,25)/t17-,19+/m0/s1. The first kappa shape index (κ1) is 21.3. The van der Waals surface area contributed by atoms with Crippen LogP contribution in [0.2, 0.25) is 0 Å². The van der Waals surface area contributed by atoms with E-state index in [0.29, 0.717) is 43.5 Å². The average Bonchev–Trinajstić information content (AvgIpc) is 2.64. The number of hydrogen-bond acceptors (Lipinski definition) is 4. The number of rotatable bonds is 5. The fraction of sp³-hybridized carbons (Fsp3) is 0.667. The van der Waals surface area contributed by atoms with Crippen molar-refractivity contribution < 1.29 is 13.2 Å². The molecule has 1 heterocycles. The Kier molecular flexibility index (Phi) is 6.78. The highest BCUT2D eigenvalue weighted by atomic mass is 32.2. The Morgan fingerprint density at radius 3 is 2.43 bits per heavy atom. The Bertz CT molecular complexity index is 801. The fourth-order valence-corrected chi connectivity index (χ4v) is 5.97. The maximum Gasteiger partial charge on any atom is 0.243 e. The molecule has 1 aromatic carbocycles. The zero-order valence-electron chi connectivity index (χ0n) is 17.3. The summed E-state index contributed by atoms with van der Waals surface area (Å²) in [5.41, 5.74) is 1.84. The molecule has 1 N–H and O–H groups in total. The van der Waals surface area contributed by atoms with E-state index >= 15 is 0 Å². The Hall–Kier alpha value is -1.44. The Morgan fingerprint density at radius 2 is 1.79 bits per heavy atom. The largest absolute Gasteiger partial charge is 0.352 e. The summed E-state index contributed by atoms with van der Waals surface area (Å²) in [6, 6.07) is 5.73. The monoisotopic (exact) mass is 407 g/mol. The van der Waals surface area contributed by atoms with Gasteiger partial charge < -0.3 is 5.32 Å². The molecule has 2 atom stereocenters. The van der Waals surface area contributed by atoms with Gasteiger partial charge in [0.2, 0.25) is 15.9 Å². The highest BCUT2D eigenvalue weighted by Gasteiger charge is 2.30. The van der Waals surface area contributed by atoms with Crippen LogP contribution in [0.25, 0.3) is 0 Å². The lowest BCUT2D eigenvalue weighted by atomic mass is 9.86. The Balaban J connectivity index is 1.53. The first-order chi connectivity index (χ1) is 13.3. The number of hydrogen-bond donors (Lipinski definition) is 1. The highest BCUT2D eigenvalue weighted by Crippen LogP contribution is 2.24. The number of sulfonamides is 1. The van der Waals surface area contributed by atoms with Gasteiger partial charge in [-0.1, -0.05) is 37.5 Å². The van der Waals surface area contributed by atoms with Gasteiger partial charge in [0.05, 0.1) is 11.4 Å². The van der Waals surface area contributed by atoms with E-state index in [-0.39, 0.29) is 11.9 Å². The molecule has 6 nitrogen and oxygen atoms in total. The third kappa shape index (κ3) is 4.93. The molecule has 0 bridgehead atoms. The Labute approximate surface area is 169 Å². The number of amides is 1. The Morgan fingerprint density at radius 1 is 1.11 bits per heavy atom. The summed E-state index contributed by atoms with van der Waals surface area (Å²) in [7, 11) is -3.49. The molecule has 1 saturated carbocycles. The lowest BCUT2D eigenvalue weighted by molar-refractivity contribution is -0.123. The molecule has 0 aromatic heterocycles. The number of nitrogens with one attached hydrogen (secondary N) is 1. The topological polar surface area (TPSA) is 69.7 Å². The molecule has 0 unspecified atom stereocenters. The highest BCUT2D eigenvalue weighted by molar-refractivity contribution is 7.89. The maximum atomic E-state index is 13.0. The second-order valence-electron chi connectivity index (χ2n) is 8.38. The molecule has 2 fully saturated rings. The SMILES string of the molecule is Cc1ccc(S(=O)(=O)N2CCN(CC(=O)N[C@@H]3CCCC[C@@H]3C)CC2)c(C)c1. The van der Waals surface area contributed by atoms with Crippen LogP contribution in [-0.4, -0.2) is 62.3 Å². The second kappa shape index (κ2) is 8.93. The summed E-state index contributed by atoms with van der Waals surface area (Å²) >= 11 is 0. The molecule has 0 spiro atoms. The van der Waals surface area contributed by atoms with E-state index in [4.69, 9.17) is 0 Å². The lowest BCUT2D eigenvalue weighted by Crippen LogP contribution is -2.52. The van der Waals surface area contributed by atoms with Crippen molar-refractivity contribution in [2.75, 3.05) is 32.7 Å². The molecule has 7 heteroatoms. The number of benzene rings is 1. The first-order valence-corrected chi connectivity index (χ1v) is 11.8. The van der Waals surface area contributed by atoms with E-state index < -0.39 is 10.0 Å². The third-order valence-electron chi connectivity index (χ3n) is 6.10. The molecule has 0 radical (unpaired) electrons. The molecule has 1 aliphatic heterocycles. The first-order valence-electron chi connectivity index (χ1n) is 10.4. The van der Waals surface area contributed by atoms with Gasteiger partial charge in [-0.2, -0.15) is 4.31 Å². The number of carbonyl (C=O) groups excluding carboxylic acids is 1. The lowest BCUT2D eigenvalue weighted by Gasteiger charge is -2.35. The van der Waals surface area contributed by atoms with Gasteiger partial charge in [0.15, 0.2) is 0 Å². The summed E-state index contributed by atoms with van der Waals surface area (Å²) < 4.78 is 27.5. The van der Waals surface area contributed by atoms with Crippen molar-refractivity contribution in [1.82, 2.24) is 14.5 Å². The minimum Gasteiger partial charge on any atom is -0.352 e. The van der Waals surface area contributed by atoms with Crippen molar-refractivity contribution in [3.8, 4) is 0 Å². The number of piperazine rings is 1. The molecular formula is C21H33N3O3S. The molecule has 1 saturated heterocycles. The van der Waals surface area contributed by atoms with Gasteiger partial charge in [0, 0.05) is 32.2 Å². The second-order valence-corrected chi connectivity index (χ2v) is 10.3. The molecule has 1 amide bonds. The van der Waals surface area contributed by atoms with Crippen LogP contribution in [0.5, 0.6) is 0 Å². The van der Waals surface area contributed by atoms with Gasteiger partial charge in [-0.25, -0.2) is 8.42 Å². The van der Waals surface area contributed by atoms with Crippen LogP contribution in [0.1, 0.15) is 43.7 Å². The van der Waals surface area contributed by atoms with Crippen LogP contribution in [0.3, 0.4) is 0 Å². The van der Waals surface area contributed by atoms with Gasteiger partial charge >= 0.3 is 0 Å². The molecule has 1 aromatic rings. The van der Waals surface area contributed by atoms with Crippen LogP contribution in [0.4, 0.5) is 0 Å². The summed E-state index contributed by atoms with van der Waals surface area (Å²) in [6.07, 6.45) is 4.68. The number of nitrogens with zero attached hydrogens (tertiary/aromatic N) is 2. The van der Waals surface area contributed by atoms with Crippen molar-refractivity contribution >= 4 is 15.9 Å². The minimum absolute atomic E-state index is 0.0597. The van der Waals surface area contributed by atoms with Gasteiger partial charge in [-0.3, -0.25) is 9.69 Å². The third-order valence-corrected chi connectivity index (χ3v) is 8.16. The molecule has 2 aliphatic rings. The van der Waals surface area contributed by atoms with Gasteiger partial charge in [0.25, 0.3) is 0 Å². The predicted molar refractivity (Wildman–Crippen MR) is 111 cm³/mol. The average molecular weight is 408 g/mol. The van der Waals surface area contributed by atoms with Crippen molar-refractivity contribution in [2.45, 2.75) is 57.4 Å². The van der Waals surface area contributed by atoms with Crippen LogP contribution in [-0.2, 0) is 14.8 Å². The molecule has 3 rings (SSSR count). The fourth-order valence-electron chi connectivity index (χ4n) is 4.34. The van der Waals surface area contributed by atoms with Gasteiger partial charge in [-0.15, -0.1) is 0 Å². The minimum atomic E-state index is -3.49.